The van der Waals surface area contributed by atoms with Gasteiger partial charge in [0.15, 0.2) is 5.65 Å². The van der Waals surface area contributed by atoms with Crippen molar-refractivity contribution in [1.82, 2.24) is 24.0 Å². The second-order valence-corrected chi connectivity index (χ2v) is 8.87. The Morgan fingerprint density at radius 3 is 2.11 bits per heavy atom. The summed E-state index contributed by atoms with van der Waals surface area (Å²) in [6.07, 6.45) is 4.00. The summed E-state index contributed by atoms with van der Waals surface area (Å²) in [5, 5.41) is 0. The number of alkyl halides is 1. The zero-order chi connectivity index (χ0) is 24.8. The number of ether oxygens (including phenoxy) is 1. The lowest BCUT2D eigenvalue weighted by Gasteiger charge is -2.32. The highest BCUT2D eigenvalue weighted by Crippen LogP contribution is 2.29. The molecule has 9 heteroatoms. The maximum absolute atomic E-state index is 11.6. The lowest BCUT2D eigenvalue weighted by atomic mass is 10.00. The molecular formula is C26H30ClN5O3. The van der Waals surface area contributed by atoms with Crippen LogP contribution in [-0.4, -0.2) is 50.2 Å². The number of aromatic amines is 1. The molecule has 5 rings (SSSR count). The van der Waals surface area contributed by atoms with E-state index in [4.69, 9.17) is 16.3 Å². The molecule has 0 unspecified atom stereocenters. The van der Waals surface area contributed by atoms with Crippen molar-refractivity contribution in [3.8, 4) is 0 Å². The number of halogens is 1. The van der Waals surface area contributed by atoms with Crippen molar-refractivity contribution >= 4 is 22.8 Å². The molecule has 2 aromatic heterocycles. The minimum atomic E-state index is -0.468. The van der Waals surface area contributed by atoms with Gasteiger partial charge in [-0.3, -0.25) is 9.36 Å². The molecule has 1 fully saturated rings. The van der Waals surface area contributed by atoms with Gasteiger partial charge in [0.05, 0.1) is 12.4 Å². The number of aromatic nitrogens is 4. The number of nitrogens with one attached hydrogen (secondary N) is 1. The fraction of sp³-hybridized carbons (Fsp3) is 0.346. The molecule has 4 aromatic rings. The molecule has 1 aliphatic rings. The summed E-state index contributed by atoms with van der Waals surface area (Å²) in [6.45, 7) is 2.25. The Balaban J connectivity index is 0.000000179. The van der Waals surface area contributed by atoms with Gasteiger partial charge in [-0.15, -0.1) is 11.6 Å². The van der Waals surface area contributed by atoms with E-state index < -0.39 is 11.2 Å². The van der Waals surface area contributed by atoms with E-state index in [0.29, 0.717) is 11.8 Å². The van der Waals surface area contributed by atoms with Gasteiger partial charge in [0.1, 0.15) is 17.6 Å². The molecule has 0 spiro atoms. The minimum Gasteiger partial charge on any atom is -0.365 e. The van der Waals surface area contributed by atoms with E-state index in [1.54, 1.807) is 0 Å². The summed E-state index contributed by atoms with van der Waals surface area (Å²) in [4.78, 5) is 32.0. The number of imidazole rings is 1. The highest BCUT2D eigenvalue weighted by molar-refractivity contribution is 6.15. The summed E-state index contributed by atoms with van der Waals surface area (Å²) in [7, 11) is 3.72. The summed E-state index contributed by atoms with van der Waals surface area (Å²) in [5.41, 5.74) is 2.18. The van der Waals surface area contributed by atoms with Crippen molar-refractivity contribution in [2.24, 2.45) is 7.05 Å². The van der Waals surface area contributed by atoms with Crippen LogP contribution in [-0.2, 0) is 17.8 Å². The van der Waals surface area contributed by atoms with Crippen LogP contribution in [0.5, 0.6) is 0 Å². The molecule has 1 aliphatic heterocycles. The zero-order valence-electron chi connectivity index (χ0n) is 19.9. The Morgan fingerprint density at radius 1 is 1.00 bits per heavy atom. The Labute approximate surface area is 208 Å². The van der Waals surface area contributed by atoms with Crippen molar-refractivity contribution in [2.75, 3.05) is 20.1 Å². The van der Waals surface area contributed by atoms with Crippen LogP contribution in [0.15, 0.2) is 76.6 Å². The first kappa shape index (κ1) is 24.9. The lowest BCUT2D eigenvalue weighted by molar-refractivity contribution is -0.0234. The van der Waals surface area contributed by atoms with Gasteiger partial charge in [0.2, 0.25) is 0 Å². The van der Waals surface area contributed by atoms with Crippen LogP contribution in [0.1, 0.15) is 30.1 Å². The quantitative estimate of drug-likeness (QED) is 0.428. The second kappa shape index (κ2) is 11.5. The van der Waals surface area contributed by atoms with E-state index in [1.807, 2.05) is 0 Å². The summed E-state index contributed by atoms with van der Waals surface area (Å²) in [5.74, 6) is 0. The summed E-state index contributed by atoms with van der Waals surface area (Å²) < 4.78 is 8.69. The number of rotatable bonds is 5. The molecule has 0 bridgehead atoms. The Bertz CT molecular complexity index is 1300. The van der Waals surface area contributed by atoms with Gasteiger partial charge in [0, 0.05) is 20.1 Å². The summed E-state index contributed by atoms with van der Waals surface area (Å²) in [6, 6.07) is 20.9. The number of likely N-dealkylation sites (tertiary alicyclic amines) is 1. The van der Waals surface area contributed by atoms with E-state index in [1.165, 1.54) is 29.1 Å². The average molecular weight is 496 g/mol. The van der Waals surface area contributed by atoms with Crippen molar-refractivity contribution < 1.29 is 4.74 Å². The molecule has 184 valence electrons. The van der Waals surface area contributed by atoms with Crippen molar-refractivity contribution in [3.05, 3.63) is 99.0 Å². The first-order valence-corrected chi connectivity index (χ1v) is 12.2. The largest absolute Gasteiger partial charge is 0.365 e. The van der Waals surface area contributed by atoms with Crippen molar-refractivity contribution in [3.63, 3.8) is 0 Å². The number of piperidine rings is 1. The predicted octanol–water partition coefficient (Wildman–Crippen LogP) is 3.51. The predicted molar refractivity (Wildman–Crippen MR) is 138 cm³/mol. The van der Waals surface area contributed by atoms with E-state index in [2.05, 4.69) is 82.6 Å². The number of H-pyrrole nitrogens is 1. The Hall–Kier alpha value is -3.20. The molecule has 3 heterocycles. The van der Waals surface area contributed by atoms with Gasteiger partial charge in [-0.2, -0.15) is 0 Å². The molecule has 0 radical (unpaired) electrons. The highest BCUT2D eigenvalue weighted by Gasteiger charge is 2.23. The Kier molecular flexibility index (Phi) is 8.17. The average Bonchev–Trinajstić information content (AvgIpc) is 3.40. The van der Waals surface area contributed by atoms with Crippen LogP contribution in [0.2, 0.25) is 0 Å². The first-order chi connectivity index (χ1) is 17.0. The van der Waals surface area contributed by atoms with Crippen LogP contribution in [0.25, 0.3) is 11.2 Å². The number of fused-ring (bicyclic) bond motifs is 1. The van der Waals surface area contributed by atoms with Gasteiger partial charge in [-0.25, -0.2) is 14.3 Å². The number of aryl methyl sites for hydroxylation is 1. The van der Waals surface area contributed by atoms with E-state index in [9.17, 15) is 9.59 Å². The van der Waals surface area contributed by atoms with Gasteiger partial charge in [0.25, 0.3) is 5.56 Å². The summed E-state index contributed by atoms with van der Waals surface area (Å²) >= 11 is 5.49. The second-order valence-electron chi connectivity index (χ2n) is 8.64. The molecule has 0 aliphatic carbocycles. The maximum Gasteiger partial charge on any atom is 0.333 e. The minimum absolute atomic E-state index is 0.0424. The third-order valence-corrected chi connectivity index (χ3v) is 6.47. The Morgan fingerprint density at radius 2 is 1.57 bits per heavy atom. The number of nitrogens with zero attached hydrogens (tertiary/aromatic N) is 4. The molecule has 0 amide bonds. The number of benzene rings is 2. The van der Waals surface area contributed by atoms with E-state index >= 15 is 0 Å². The fourth-order valence-corrected chi connectivity index (χ4v) is 4.43. The lowest BCUT2D eigenvalue weighted by Crippen LogP contribution is -2.38. The number of hydrogen-bond donors (Lipinski definition) is 1. The molecule has 1 N–H and O–H groups in total. The maximum atomic E-state index is 11.6. The van der Waals surface area contributed by atoms with Crippen LogP contribution in [0.3, 0.4) is 0 Å². The topological polar surface area (TPSA) is 85.1 Å². The van der Waals surface area contributed by atoms with Crippen LogP contribution < -0.4 is 11.2 Å². The van der Waals surface area contributed by atoms with Gasteiger partial charge < -0.3 is 14.6 Å². The molecular weight excluding hydrogens is 466 g/mol. The standard InChI is InChI=1S/C19H23NO.C7H7ClN4O2/c1-20-14-12-18(13-15-20)21-19(16-8-4-2-5-9-16)17-10-6-3-7-11-17;1-11-5-4(9-3-10-5)6(13)12(2-8)7(11)14/h2-11,18-19H,12-15H2,1H3;3H,2H2,1H3,(H,9,10). The van der Waals surface area contributed by atoms with E-state index in [0.717, 1.165) is 30.5 Å². The SMILES string of the molecule is CN1CCC(OC(c2ccccc2)c2ccccc2)CC1.Cn1c(=O)n(CCl)c(=O)c2[nH]cnc21. The third-order valence-electron chi connectivity index (χ3n) is 6.23. The normalized spacial score (nSPS) is 14.7. The van der Waals surface area contributed by atoms with Gasteiger partial charge >= 0.3 is 5.69 Å². The molecule has 35 heavy (non-hydrogen) atoms. The zero-order valence-corrected chi connectivity index (χ0v) is 20.7. The fourth-order valence-electron chi connectivity index (χ4n) is 4.22. The highest BCUT2D eigenvalue weighted by atomic mass is 35.5. The monoisotopic (exact) mass is 495 g/mol. The van der Waals surface area contributed by atoms with Crippen LogP contribution in [0, 0.1) is 0 Å². The molecule has 8 nitrogen and oxygen atoms in total. The van der Waals surface area contributed by atoms with Gasteiger partial charge in [-0.05, 0) is 31.0 Å². The van der Waals surface area contributed by atoms with Crippen LogP contribution in [0.4, 0.5) is 0 Å². The molecule has 1 saturated heterocycles. The first-order valence-electron chi connectivity index (χ1n) is 11.6. The molecule has 0 saturated carbocycles. The third kappa shape index (κ3) is 5.73. The molecule has 0 atom stereocenters. The van der Waals surface area contributed by atoms with Crippen molar-refractivity contribution in [1.29, 1.82) is 0 Å². The van der Waals surface area contributed by atoms with E-state index in [-0.39, 0.29) is 17.6 Å². The van der Waals surface area contributed by atoms with Crippen molar-refractivity contribution in [2.45, 2.75) is 31.1 Å². The van der Waals surface area contributed by atoms with Crippen LogP contribution >= 0.6 is 11.6 Å². The van der Waals surface area contributed by atoms with Gasteiger partial charge in [-0.1, -0.05) is 60.7 Å². The molecule has 2 aromatic carbocycles. The smallest absolute Gasteiger partial charge is 0.333 e. The number of hydrogen-bond acceptors (Lipinski definition) is 5.